The Hall–Kier alpha value is -2.06. The van der Waals surface area contributed by atoms with Crippen LogP contribution in [0.2, 0.25) is 5.15 Å². The molecule has 142 valence electrons. The van der Waals surface area contributed by atoms with Crippen molar-refractivity contribution in [2.45, 2.75) is 6.61 Å². The summed E-state index contributed by atoms with van der Waals surface area (Å²) in [6, 6.07) is 7.94. The van der Waals surface area contributed by atoms with Gasteiger partial charge in [0.2, 0.25) is 0 Å². The number of fused-ring (bicyclic) bond motifs is 1. The van der Waals surface area contributed by atoms with Gasteiger partial charge in [-0.15, -0.1) is 0 Å². The van der Waals surface area contributed by atoms with Crippen molar-refractivity contribution in [3.8, 4) is 5.69 Å². The molecule has 27 heavy (non-hydrogen) atoms. The lowest BCUT2D eigenvalue weighted by Gasteiger charge is -2.26. The molecule has 1 aliphatic heterocycles. The highest BCUT2D eigenvalue weighted by Crippen LogP contribution is 2.24. The fourth-order valence-electron chi connectivity index (χ4n) is 3.16. The van der Waals surface area contributed by atoms with Crippen LogP contribution in [-0.4, -0.2) is 59.1 Å². The van der Waals surface area contributed by atoms with Crippen LogP contribution < -0.4 is 0 Å². The molecular weight excluding hydrogens is 371 g/mol. The summed E-state index contributed by atoms with van der Waals surface area (Å²) in [6.45, 7) is 5.18. The minimum absolute atomic E-state index is 0.289. The van der Waals surface area contributed by atoms with Gasteiger partial charge in [-0.2, -0.15) is 5.10 Å². The van der Waals surface area contributed by atoms with Gasteiger partial charge in [0.25, 0.3) is 0 Å². The predicted octanol–water partition coefficient (Wildman–Crippen LogP) is 3.06. The molecule has 4 rings (SSSR count). The Labute approximate surface area is 161 Å². The average molecular weight is 391 g/mol. The van der Waals surface area contributed by atoms with E-state index in [1.54, 1.807) is 29.1 Å². The number of hydrogen-bond acceptors (Lipinski definition) is 5. The summed E-state index contributed by atoms with van der Waals surface area (Å²) in [5.74, 6) is -0.289. The number of halogens is 2. The minimum Gasteiger partial charge on any atom is -0.379 e. The van der Waals surface area contributed by atoms with Gasteiger partial charge in [0.1, 0.15) is 11.0 Å². The summed E-state index contributed by atoms with van der Waals surface area (Å²) in [6.07, 6.45) is 1.73. The van der Waals surface area contributed by atoms with E-state index >= 15 is 0 Å². The molecule has 0 aliphatic carbocycles. The van der Waals surface area contributed by atoms with Gasteiger partial charge >= 0.3 is 0 Å². The molecule has 3 aromatic rings. The Bertz CT molecular complexity index is 910. The highest BCUT2D eigenvalue weighted by molar-refractivity contribution is 6.30. The zero-order chi connectivity index (χ0) is 18.6. The van der Waals surface area contributed by atoms with Crippen LogP contribution in [0, 0.1) is 5.82 Å². The van der Waals surface area contributed by atoms with E-state index in [0.717, 1.165) is 49.4 Å². The van der Waals surface area contributed by atoms with Crippen LogP contribution in [0.4, 0.5) is 4.39 Å². The lowest BCUT2D eigenvalue weighted by atomic mass is 10.2. The Morgan fingerprint density at radius 3 is 2.74 bits per heavy atom. The summed E-state index contributed by atoms with van der Waals surface area (Å²) in [7, 11) is 0. The van der Waals surface area contributed by atoms with Gasteiger partial charge in [-0.05, 0) is 30.3 Å². The molecule has 0 unspecified atom stereocenters. The Balaban J connectivity index is 1.52. The molecule has 3 heterocycles. The molecule has 6 nitrogen and oxygen atoms in total. The van der Waals surface area contributed by atoms with Crippen molar-refractivity contribution in [1.82, 2.24) is 19.7 Å². The molecule has 0 spiro atoms. The zero-order valence-electron chi connectivity index (χ0n) is 14.8. The number of morpholine rings is 1. The van der Waals surface area contributed by atoms with Gasteiger partial charge < -0.3 is 9.47 Å². The SMILES string of the molecule is Fc1ccc(-n2ncc3cc(Cl)nc(COCCN4CCOCC4)c32)cc1. The number of pyridine rings is 1. The van der Waals surface area contributed by atoms with Crippen LogP contribution in [0.5, 0.6) is 0 Å². The second-order valence-corrected chi connectivity index (χ2v) is 6.76. The average Bonchev–Trinajstić information content (AvgIpc) is 3.10. The Morgan fingerprint density at radius 2 is 1.96 bits per heavy atom. The van der Waals surface area contributed by atoms with Gasteiger partial charge in [0.05, 0.1) is 49.5 Å². The van der Waals surface area contributed by atoms with E-state index in [-0.39, 0.29) is 5.82 Å². The first-order valence-corrected chi connectivity index (χ1v) is 9.25. The highest BCUT2D eigenvalue weighted by Gasteiger charge is 2.14. The summed E-state index contributed by atoms with van der Waals surface area (Å²) in [5, 5.41) is 5.68. The van der Waals surface area contributed by atoms with E-state index in [0.29, 0.717) is 24.1 Å². The van der Waals surface area contributed by atoms with E-state index in [1.165, 1.54) is 12.1 Å². The maximum atomic E-state index is 13.2. The van der Waals surface area contributed by atoms with E-state index in [1.807, 2.05) is 0 Å². The van der Waals surface area contributed by atoms with Crippen molar-refractivity contribution < 1.29 is 13.9 Å². The van der Waals surface area contributed by atoms with E-state index in [9.17, 15) is 4.39 Å². The largest absolute Gasteiger partial charge is 0.379 e. The lowest BCUT2D eigenvalue weighted by Crippen LogP contribution is -2.38. The van der Waals surface area contributed by atoms with E-state index < -0.39 is 0 Å². The van der Waals surface area contributed by atoms with Crippen LogP contribution in [0.1, 0.15) is 5.69 Å². The molecule has 0 bridgehead atoms. The van der Waals surface area contributed by atoms with Gasteiger partial charge in [0, 0.05) is 25.0 Å². The summed E-state index contributed by atoms with van der Waals surface area (Å²) in [5.41, 5.74) is 2.28. The van der Waals surface area contributed by atoms with E-state index in [4.69, 9.17) is 21.1 Å². The molecule has 0 radical (unpaired) electrons. The summed E-state index contributed by atoms with van der Waals surface area (Å²) < 4.78 is 26.2. The minimum atomic E-state index is -0.289. The van der Waals surface area contributed by atoms with Crippen LogP contribution in [-0.2, 0) is 16.1 Å². The van der Waals surface area contributed by atoms with Gasteiger partial charge in [-0.25, -0.2) is 14.1 Å². The summed E-state index contributed by atoms with van der Waals surface area (Å²) >= 11 is 6.16. The molecule has 0 atom stereocenters. The van der Waals surface area contributed by atoms with Crippen molar-refractivity contribution in [2.24, 2.45) is 0 Å². The molecular formula is C19H20ClFN4O2. The number of ether oxygens (including phenoxy) is 2. The molecule has 1 saturated heterocycles. The van der Waals surface area contributed by atoms with Crippen LogP contribution in [0.25, 0.3) is 16.6 Å². The molecule has 1 aromatic carbocycles. The number of benzene rings is 1. The molecule has 0 N–H and O–H groups in total. The van der Waals surface area contributed by atoms with Crippen molar-refractivity contribution in [3.05, 3.63) is 53.2 Å². The second kappa shape index (κ2) is 8.31. The number of rotatable bonds is 6. The third-order valence-electron chi connectivity index (χ3n) is 4.55. The number of aromatic nitrogens is 3. The van der Waals surface area contributed by atoms with Crippen molar-refractivity contribution in [1.29, 1.82) is 0 Å². The standard InChI is InChI=1S/C19H20ClFN4O2/c20-18-11-14-12-22-25(16-3-1-15(21)2-4-16)19(14)17(23-18)13-27-10-7-24-5-8-26-9-6-24/h1-4,11-12H,5-10,13H2. The molecule has 1 aliphatic rings. The molecule has 1 fully saturated rings. The number of nitrogens with zero attached hydrogens (tertiary/aromatic N) is 4. The van der Waals surface area contributed by atoms with Crippen molar-refractivity contribution in [2.75, 3.05) is 39.5 Å². The van der Waals surface area contributed by atoms with E-state index in [2.05, 4.69) is 15.0 Å². The molecule has 0 amide bonds. The fourth-order valence-corrected chi connectivity index (χ4v) is 3.38. The third kappa shape index (κ3) is 4.27. The smallest absolute Gasteiger partial charge is 0.130 e. The highest BCUT2D eigenvalue weighted by atomic mass is 35.5. The fraction of sp³-hybridized carbons (Fsp3) is 0.368. The topological polar surface area (TPSA) is 52.4 Å². The Morgan fingerprint density at radius 1 is 1.19 bits per heavy atom. The van der Waals surface area contributed by atoms with Crippen molar-refractivity contribution in [3.63, 3.8) is 0 Å². The molecule has 8 heteroatoms. The number of hydrogen-bond donors (Lipinski definition) is 0. The lowest BCUT2D eigenvalue weighted by molar-refractivity contribution is 0.0178. The van der Waals surface area contributed by atoms with Gasteiger partial charge in [0.15, 0.2) is 0 Å². The first-order chi connectivity index (χ1) is 13.2. The maximum Gasteiger partial charge on any atom is 0.130 e. The first-order valence-electron chi connectivity index (χ1n) is 8.87. The normalized spacial score (nSPS) is 15.5. The molecule has 0 saturated carbocycles. The van der Waals surface area contributed by atoms with Gasteiger partial charge in [-0.1, -0.05) is 11.6 Å². The van der Waals surface area contributed by atoms with Crippen LogP contribution in [0.15, 0.2) is 36.5 Å². The first kappa shape index (κ1) is 18.3. The quantitative estimate of drug-likeness (QED) is 0.478. The van der Waals surface area contributed by atoms with Gasteiger partial charge in [-0.3, -0.25) is 4.90 Å². The zero-order valence-corrected chi connectivity index (χ0v) is 15.5. The Kier molecular flexibility index (Phi) is 5.63. The predicted molar refractivity (Wildman–Crippen MR) is 101 cm³/mol. The third-order valence-corrected chi connectivity index (χ3v) is 4.75. The maximum absolute atomic E-state index is 13.2. The summed E-state index contributed by atoms with van der Waals surface area (Å²) in [4.78, 5) is 6.75. The van der Waals surface area contributed by atoms with Crippen molar-refractivity contribution >= 4 is 22.5 Å². The van der Waals surface area contributed by atoms with Crippen LogP contribution in [0.3, 0.4) is 0 Å². The second-order valence-electron chi connectivity index (χ2n) is 6.37. The molecule has 2 aromatic heterocycles. The monoisotopic (exact) mass is 390 g/mol. The van der Waals surface area contributed by atoms with Crippen LogP contribution >= 0.6 is 11.6 Å².